The number of carbonyl (C=O) groups is 1. The van der Waals surface area contributed by atoms with Crippen molar-refractivity contribution in [1.29, 1.82) is 0 Å². The van der Waals surface area contributed by atoms with Crippen LogP contribution >= 0.6 is 0 Å². The van der Waals surface area contributed by atoms with Crippen LogP contribution < -0.4 is 10.9 Å². The Kier molecular flexibility index (Phi) is 3.58. The third kappa shape index (κ3) is 2.94. The van der Waals surface area contributed by atoms with E-state index >= 15 is 0 Å². The maximum absolute atomic E-state index is 11.7. The van der Waals surface area contributed by atoms with Crippen LogP contribution in [0.5, 0.6) is 0 Å². The van der Waals surface area contributed by atoms with Gasteiger partial charge >= 0.3 is 0 Å². The molecule has 0 aliphatic heterocycles. The quantitative estimate of drug-likeness (QED) is 0.704. The van der Waals surface area contributed by atoms with Gasteiger partial charge in [-0.1, -0.05) is 12.5 Å². The number of hydrogen-bond acceptors (Lipinski definition) is 3. The number of H-pyrrole nitrogens is 1. The van der Waals surface area contributed by atoms with Gasteiger partial charge in [-0.2, -0.15) is 0 Å². The number of hydrogen-bond donors (Lipinski definition) is 3. The molecule has 2 rings (SSSR count). The fraction of sp³-hybridized carbons (Fsp3) is 0.500. The lowest BCUT2D eigenvalue weighted by Gasteiger charge is -2.14. The van der Waals surface area contributed by atoms with Crippen LogP contribution in [0.15, 0.2) is 23.0 Å². The summed E-state index contributed by atoms with van der Waals surface area (Å²) in [5.74, 6) is -0.170. The minimum Gasteiger partial charge on any atom is -0.393 e. The van der Waals surface area contributed by atoms with Gasteiger partial charge in [0, 0.05) is 18.5 Å². The second-order valence-corrected chi connectivity index (χ2v) is 4.40. The first-order valence-corrected chi connectivity index (χ1v) is 5.82. The number of nitrogens with one attached hydrogen (secondary N) is 2. The zero-order valence-electron chi connectivity index (χ0n) is 9.48. The third-order valence-electron chi connectivity index (χ3n) is 3.16. The molecule has 1 fully saturated rings. The first-order chi connectivity index (χ1) is 8.16. The lowest BCUT2D eigenvalue weighted by atomic mass is 10.1. The van der Waals surface area contributed by atoms with Crippen LogP contribution in [0.4, 0.5) is 0 Å². The summed E-state index contributed by atoms with van der Waals surface area (Å²) in [6, 6.07) is 4.46. The van der Waals surface area contributed by atoms with E-state index in [0.717, 1.165) is 19.3 Å². The van der Waals surface area contributed by atoms with Gasteiger partial charge in [-0.25, -0.2) is 0 Å². The molecular formula is C12H16N2O3. The standard InChI is InChI=1S/C12H16N2O3/c15-10-5-1-3-8(10)7-13-12(17)9-4-2-6-11(16)14-9/h2,4,6,8,10,15H,1,3,5,7H2,(H,13,17)(H,14,16). The molecule has 92 valence electrons. The Labute approximate surface area is 98.9 Å². The van der Waals surface area contributed by atoms with Crippen LogP contribution in [-0.2, 0) is 0 Å². The molecule has 2 unspecified atom stereocenters. The second-order valence-electron chi connectivity index (χ2n) is 4.40. The number of carbonyl (C=O) groups excluding carboxylic acids is 1. The fourth-order valence-corrected chi connectivity index (χ4v) is 2.15. The van der Waals surface area contributed by atoms with Gasteiger partial charge in [-0.15, -0.1) is 0 Å². The van der Waals surface area contributed by atoms with Gasteiger partial charge in [0.25, 0.3) is 5.91 Å². The highest BCUT2D eigenvalue weighted by Crippen LogP contribution is 2.24. The van der Waals surface area contributed by atoms with Crippen molar-refractivity contribution >= 4 is 5.91 Å². The van der Waals surface area contributed by atoms with Gasteiger partial charge in [-0.3, -0.25) is 9.59 Å². The molecule has 1 amide bonds. The number of aliphatic hydroxyl groups excluding tert-OH is 1. The first kappa shape index (κ1) is 11.9. The topological polar surface area (TPSA) is 82.2 Å². The number of rotatable bonds is 3. The highest BCUT2D eigenvalue weighted by Gasteiger charge is 2.25. The van der Waals surface area contributed by atoms with E-state index < -0.39 is 0 Å². The molecule has 1 aliphatic carbocycles. The summed E-state index contributed by atoms with van der Waals surface area (Å²) in [4.78, 5) is 25.2. The number of pyridine rings is 1. The Hall–Kier alpha value is -1.62. The number of aromatic nitrogens is 1. The van der Waals surface area contributed by atoms with Crippen molar-refractivity contribution in [3.05, 3.63) is 34.2 Å². The molecule has 0 spiro atoms. The third-order valence-corrected chi connectivity index (χ3v) is 3.16. The van der Waals surface area contributed by atoms with E-state index in [-0.39, 0.29) is 29.2 Å². The maximum atomic E-state index is 11.7. The largest absolute Gasteiger partial charge is 0.393 e. The lowest BCUT2D eigenvalue weighted by Crippen LogP contribution is -2.33. The van der Waals surface area contributed by atoms with Crippen LogP contribution in [0.2, 0.25) is 0 Å². The Bertz CT molecular complexity index is 455. The van der Waals surface area contributed by atoms with Gasteiger partial charge in [-0.05, 0) is 18.9 Å². The Morgan fingerprint density at radius 2 is 2.29 bits per heavy atom. The van der Waals surface area contributed by atoms with Crippen molar-refractivity contribution in [3.63, 3.8) is 0 Å². The maximum Gasteiger partial charge on any atom is 0.267 e. The molecule has 17 heavy (non-hydrogen) atoms. The molecule has 0 radical (unpaired) electrons. The first-order valence-electron chi connectivity index (χ1n) is 5.82. The molecule has 0 aromatic carbocycles. The van der Waals surface area contributed by atoms with Crippen molar-refractivity contribution in [2.45, 2.75) is 25.4 Å². The van der Waals surface area contributed by atoms with Crippen molar-refractivity contribution in [2.24, 2.45) is 5.92 Å². The summed E-state index contributed by atoms with van der Waals surface area (Å²) in [6.45, 7) is 0.455. The molecule has 1 aliphatic rings. The minimum absolute atomic E-state index is 0.134. The fourth-order valence-electron chi connectivity index (χ4n) is 2.15. The molecule has 1 saturated carbocycles. The van der Waals surface area contributed by atoms with E-state index in [1.54, 1.807) is 6.07 Å². The summed E-state index contributed by atoms with van der Waals surface area (Å²) in [6.07, 6.45) is 2.43. The number of aliphatic hydroxyl groups is 1. The molecule has 1 aromatic rings. The molecule has 3 N–H and O–H groups in total. The average Bonchev–Trinajstić information content (AvgIpc) is 2.72. The summed E-state index contributed by atoms with van der Waals surface area (Å²) in [5, 5.41) is 12.3. The Morgan fingerprint density at radius 3 is 2.94 bits per heavy atom. The molecule has 5 nitrogen and oxygen atoms in total. The number of amides is 1. The smallest absolute Gasteiger partial charge is 0.267 e. The van der Waals surface area contributed by atoms with Gasteiger partial charge in [0.1, 0.15) is 5.69 Å². The van der Waals surface area contributed by atoms with Gasteiger partial charge in [0.2, 0.25) is 5.56 Å². The van der Waals surface area contributed by atoms with Crippen molar-refractivity contribution in [3.8, 4) is 0 Å². The van der Waals surface area contributed by atoms with E-state index in [1.807, 2.05) is 0 Å². The van der Waals surface area contributed by atoms with Crippen LogP contribution in [0.1, 0.15) is 29.8 Å². The number of aromatic amines is 1. The second kappa shape index (κ2) is 5.14. The Morgan fingerprint density at radius 1 is 1.47 bits per heavy atom. The van der Waals surface area contributed by atoms with E-state index in [4.69, 9.17) is 0 Å². The Balaban J connectivity index is 1.91. The highest BCUT2D eigenvalue weighted by molar-refractivity contribution is 5.92. The van der Waals surface area contributed by atoms with Gasteiger partial charge < -0.3 is 15.4 Å². The summed E-state index contributed by atoms with van der Waals surface area (Å²) in [7, 11) is 0. The van der Waals surface area contributed by atoms with E-state index in [1.165, 1.54) is 12.1 Å². The summed E-state index contributed by atoms with van der Waals surface area (Å²) in [5.41, 5.74) is -0.0384. The molecule has 0 saturated heterocycles. The minimum atomic E-state index is -0.315. The predicted molar refractivity (Wildman–Crippen MR) is 62.7 cm³/mol. The van der Waals surface area contributed by atoms with Gasteiger partial charge in [0.05, 0.1) is 6.10 Å². The van der Waals surface area contributed by atoms with Crippen molar-refractivity contribution < 1.29 is 9.90 Å². The average molecular weight is 236 g/mol. The van der Waals surface area contributed by atoms with E-state index in [9.17, 15) is 14.7 Å². The van der Waals surface area contributed by atoms with Crippen molar-refractivity contribution in [2.75, 3.05) is 6.54 Å². The molecule has 1 heterocycles. The predicted octanol–water partition coefficient (Wildman–Crippen LogP) is 0.266. The molecule has 1 aromatic heterocycles. The summed E-state index contributed by atoms with van der Waals surface area (Å²) < 4.78 is 0. The zero-order chi connectivity index (χ0) is 12.3. The van der Waals surface area contributed by atoms with Gasteiger partial charge in [0.15, 0.2) is 0 Å². The zero-order valence-corrected chi connectivity index (χ0v) is 9.48. The van der Waals surface area contributed by atoms with E-state index in [2.05, 4.69) is 10.3 Å². The molecule has 5 heteroatoms. The summed E-state index contributed by atoms with van der Waals surface area (Å²) >= 11 is 0. The van der Waals surface area contributed by atoms with Crippen LogP contribution in [0, 0.1) is 5.92 Å². The van der Waals surface area contributed by atoms with Crippen LogP contribution in [-0.4, -0.2) is 28.6 Å². The van der Waals surface area contributed by atoms with E-state index in [0.29, 0.717) is 6.54 Å². The molecule has 0 bridgehead atoms. The monoisotopic (exact) mass is 236 g/mol. The van der Waals surface area contributed by atoms with Crippen LogP contribution in [0.3, 0.4) is 0 Å². The lowest BCUT2D eigenvalue weighted by molar-refractivity contribution is 0.0912. The molecular weight excluding hydrogens is 220 g/mol. The van der Waals surface area contributed by atoms with Crippen molar-refractivity contribution in [1.82, 2.24) is 10.3 Å². The highest BCUT2D eigenvalue weighted by atomic mass is 16.3. The SMILES string of the molecule is O=C(NCC1CCCC1O)c1cccc(=O)[nH]1. The molecule has 2 atom stereocenters. The normalized spacial score (nSPS) is 23.6. The van der Waals surface area contributed by atoms with Crippen LogP contribution in [0.25, 0.3) is 0 Å².